The monoisotopic (exact) mass is 279 g/mol. The first kappa shape index (κ1) is 14.4. The molecule has 0 aliphatic carbocycles. The molecule has 88 valence electrons. The van der Waals surface area contributed by atoms with E-state index in [0.717, 1.165) is 0 Å². The molecule has 0 aliphatic rings. The van der Waals surface area contributed by atoms with E-state index in [1.165, 1.54) is 4.90 Å². The van der Waals surface area contributed by atoms with E-state index < -0.39 is 4.32 Å². The molecule has 0 aromatic heterocycles. The van der Waals surface area contributed by atoms with E-state index in [4.69, 9.17) is 4.74 Å². The van der Waals surface area contributed by atoms with E-state index in [-0.39, 0.29) is 18.3 Å². The van der Waals surface area contributed by atoms with Crippen molar-refractivity contribution in [3.63, 3.8) is 0 Å². The van der Waals surface area contributed by atoms with Gasteiger partial charge in [-0.3, -0.25) is 9.59 Å². The summed E-state index contributed by atoms with van der Waals surface area (Å²) in [6.45, 7) is 6.06. The van der Waals surface area contributed by atoms with Gasteiger partial charge in [0.05, 0.1) is 17.4 Å². The molecule has 0 aromatic rings. The molecule has 0 unspecified atom stereocenters. The van der Waals surface area contributed by atoms with Crippen LogP contribution < -0.4 is 0 Å². The molecule has 0 radical (unpaired) electrons. The second kappa shape index (κ2) is 6.10. The molecule has 0 bridgehead atoms. The fraction of sp³-hybridized carbons (Fsp3) is 0.800. The topological polar surface area (TPSA) is 46.6 Å². The van der Waals surface area contributed by atoms with Crippen molar-refractivity contribution in [1.29, 1.82) is 0 Å². The van der Waals surface area contributed by atoms with Gasteiger partial charge in [-0.25, -0.2) is 0 Å². The number of nitrogens with zero attached hydrogens (tertiary/aromatic N) is 1. The van der Waals surface area contributed by atoms with Crippen molar-refractivity contribution >= 4 is 27.8 Å². The molecule has 0 fully saturated rings. The van der Waals surface area contributed by atoms with Crippen molar-refractivity contribution in [2.45, 2.75) is 31.5 Å². The Hall–Kier alpha value is -0.580. The molecule has 4 nitrogen and oxygen atoms in total. The fourth-order valence-electron chi connectivity index (χ4n) is 1.05. The van der Waals surface area contributed by atoms with Gasteiger partial charge in [-0.15, -0.1) is 0 Å². The van der Waals surface area contributed by atoms with E-state index in [2.05, 4.69) is 15.9 Å². The van der Waals surface area contributed by atoms with Crippen LogP contribution in [-0.4, -0.2) is 41.3 Å². The number of alkyl halides is 1. The number of halogens is 1. The van der Waals surface area contributed by atoms with Gasteiger partial charge in [0.1, 0.15) is 0 Å². The average Bonchev–Trinajstić information content (AvgIpc) is 2.12. The minimum atomic E-state index is -0.587. The standard InChI is InChI=1S/C10H18BrNO3/c1-5-15-8(13)6-7-12(4)9(14)10(2,3)11/h5-7H2,1-4H3. The zero-order valence-electron chi connectivity index (χ0n) is 9.67. The second-order valence-electron chi connectivity index (χ2n) is 3.75. The minimum absolute atomic E-state index is 0.0493. The van der Waals surface area contributed by atoms with Gasteiger partial charge in [0, 0.05) is 13.6 Å². The lowest BCUT2D eigenvalue weighted by molar-refractivity contribution is -0.144. The molecule has 0 heterocycles. The third kappa shape index (κ3) is 5.77. The molecule has 0 saturated carbocycles. The van der Waals surface area contributed by atoms with Gasteiger partial charge in [0.15, 0.2) is 0 Å². The third-order valence-corrected chi connectivity index (χ3v) is 2.15. The van der Waals surface area contributed by atoms with E-state index in [1.807, 2.05) is 0 Å². The summed E-state index contributed by atoms with van der Waals surface area (Å²) in [5, 5.41) is 0. The Balaban J connectivity index is 3.99. The first-order chi connectivity index (χ1) is 6.79. The highest BCUT2D eigenvalue weighted by molar-refractivity contribution is 9.10. The predicted octanol–water partition coefficient (Wildman–Crippen LogP) is 1.57. The van der Waals surface area contributed by atoms with Gasteiger partial charge in [-0.2, -0.15) is 0 Å². The Labute approximate surface area is 99.1 Å². The second-order valence-corrected chi connectivity index (χ2v) is 5.74. The van der Waals surface area contributed by atoms with Crippen molar-refractivity contribution in [3.05, 3.63) is 0 Å². The number of ether oxygens (including phenoxy) is 1. The Bertz CT molecular complexity index is 235. The number of esters is 1. The number of amides is 1. The Morgan fingerprint density at radius 3 is 2.33 bits per heavy atom. The summed E-state index contributed by atoms with van der Waals surface area (Å²) in [5.74, 6) is -0.323. The van der Waals surface area contributed by atoms with Gasteiger partial charge >= 0.3 is 5.97 Å². The van der Waals surface area contributed by atoms with Crippen molar-refractivity contribution in [2.24, 2.45) is 0 Å². The maximum Gasteiger partial charge on any atom is 0.307 e. The zero-order chi connectivity index (χ0) is 12.1. The molecule has 1 amide bonds. The third-order valence-electron chi connectivity index (χ3n) is 1.81. The molecule has 0 rings (SSSR count). The van der Waals surface area contributed by atoms with Crippen LogP contribution in [0.5, 0.6) is 0 Å². The summed E-state index contributed by atoms with van der Waals surface area (Å²) in [7, 11) is 1.67. The molecule has 0 atom stereocenters. The van der Waals surface area contributed by atoms with Gasteiger partial charge in [-0.05, 0) is 20.8 Å². The smallest absolute Gasteiger partial charge is 0.307 e. The lowest BCUT2D eigenvalue weighted by atomic mass is 10.2. The summed E-state index contributed by atoms with van der Waals surface area (Å²) in [6.07, 6.45) is 0.235. The predicted molar refractivity (Wildman–Crippen MR) is 61.9 cm³/mol. The molecule has 0 aromatic carbocycles. The number of rotatable bonds is 5. The molecule has 0 spiro atoms. The molecule has 15 heavy (non-hydrogen) atoms. The van der Waals surface area contributed by atoms with Crippen LogP contribution in [0.3, 0.4) is 0 Å². The highest BCUT2D eigenvalue weighted by atomic mass is 79.9. The molecule has 0 aliphatic heterocycles. The quantitative estimate of drug-likeness (QED) is 0.567. The maximum absolute atomic E-state index is 11.7. The number of carbonyl (C=O) groups is 2. The van der Waals surface area contributed by atoms with Crippen LogP contribution in [0.15, 0.2) is 0 Å². The first-order valence-corrected chi connectivity index (χ1v) is 5.68. The number of carbonyl (C=O) groups excluding carboxylic acids is 2. The van der Waals surface area contributed by atoms with Crippen LogP contribution in [0.4, 0.5) is 0 Å². The highest BCUT2D eigenvalue weighted by Gasteiger charge is 2.27. The zero-order valence-corrected chi connectivity index (χ0v) is 11.3. The lowest BCUT2D eigenvalue weighted by Gasteiger charge is -2.24. The van der Waals surface area contributed by atoms with Gasteiger partial charge in [-0.1, -0.05) is 15.9 Å². The molecule has 0 N–H and O–H groups in total. The normalized spacial score (nSPS) is 11.0. The molecule has 5 heteroatoms. The number of hydrogen-bond acceptors (Lipinski definition) is 3. The highest BCUT2D eigenvalue weighted by Crippen LogP contribution is 2.18. The average molecular weight is 280 g/mol. The van der Waals surface area contributed by atoms with Crippen molar-refractivity contribution in [2.75, 3.05) is 20.2 Å². The molecular weight excluding hydrogens is 262 g/mol. The largest absolute Gasteiger partial charge is 0.466 e. The van der Waals surface area contributed by atoms with Crippen LogP contribution >= 0.6 is 15.9 Å². The fourth-order valence-corrected chi connectivity index (χ4v) is 1.35. The van der Waals surface area contributed by atoms with Crippen LogP contribution in [0.25, 0.3) is 0 Å². The Morgan fingerprint density at radius 1 is 1.40 bits per heavy atom. The lowest BCUT2D eigenvalue weighted by Crippen LogP contribution is -2.40. The van der Waals surface area contributed by atoms with E-state index in [1.54, 1.807) is 27.8 Å². The summed E-state index contributed by atoms with van der Waals surface area (Å²) in [5.41, 5.74) is 0. The van der Waals surface area contributed by atoms with Crippen LogP contribution in [-0.2, 0) is 14.3 Å². The van der Waals surface area contributed by atoms with E-state index in [0.29, 0.717) is 13.2 Å². The summed E-state index contributed by atoms with van der Waals surface area (Å²) < 4.78 is 4.18. The Morgan fingerprint density at radius 2 is 1.93 bits per heavy atom. The van der Waals surface area contributed by atoms with Crippen LogP contribution in [0.2, 0.25) is 0 Å². The Kier molecular flexibility index (Phi) is 5.87. The summed E-state index contributed by atoms with van der Waals surface area (Å²) in [4.78, 5) is 24.2. The van der Waals surface area contributed by atoms with Gasteiger partial charge in [0.2, 0.25) is 5.91 Å². The van der Waals surface area contributed by atoms with Crippen LogP contribution in [0, 0.1) is 0 Å². The first-order valence-electron chi connectivity index (χ1n) is 4.89. The van der Waals surface area contributed by atoms with Crippen molar-refractivity contribution in [1.82, 2.24) is 4.90 Å². The van der Waals surface area contributed by atoms with Crippen molar-refractivity contribution < 1.29 is 14.3 Å². The summed E-state index contributed by atoms with van der Waals surface area (Å²) in [6, 6.07) is 0. The van der Waals surface area contributed by atoms with Gasteiger partial charge < -0.3 is 9.64 Å². The van der Waals surface area contributed by atoms with Crippen LogP contribution in [0.1, 0.15) is 27.2 Å². The minimum Gasteiger partial charge on any atom is -0.466 e. The SMILES string of the molecule is CCOC(=O)CCN(C)C(=O)C(C)(C)Br. The number of hydrogen-bond donors (Lipinski definition) is 0. The summed E-state index contributed by atoms with van der Waals surface area (Å²) >= 11 is 3.27. The molecule has 0 saturated heterocycles. The van der Waals surface area contributed by atoms with E-state index >= 15 is 0 Å². The van der Waals surface area contributed by atoms with E-state index in [9.17, 15) is 9.59 Å². The van der Waals surface area contributed by atoms with Crippen molar-refractivity contribution in [3.8, 4) is 0 Å². The molecular formula is C10H18BrNO3. The maximum atomic E-state index is 11.7. The van der Waals surface area contributed by atoms with Gasteiger partial charge in [0.25, 0.3) is 0 Å².